The molecule has 1 heterocycles. The molecule has 5 heteroatoms. The van der Waals surface area contributed by atoms with Crippen LogP contribution in [-0.2, 0) is 22.4 Å². The molecule has 0 aliphatic heterocycles. The van der Waals surface area contributed by atoms with Crippen molar-refractivity contribution in [3.63, 3.8) is 0 Å². The Morgan fingerprint density at radius 1 is 0.867 bits per heavy atom. The van der Waals surface area contributed by atoms with Crippen LogP contribution in [0.3, 0.4) is 0 Å². The molecular formula is C25H45N3O2. The van der Waals surface area contributed by atoms with Gasteiger partial charge in [0.05, 0.1) is 13.2 Å². The van der Waals surface area contributed by atoms with E-state index in [-0.39, 0.29) is 22.0 Å². The van der Waals surface area contributed by atoms with Crippen LogP contribution in [0.15, 0.2) is 6.07 Å². The van der Waals surface area contributed by atoms with Crippen molar-refractivity contribution in [2.45, 2.75) is 94.4 Å². The normalized spacial score (nSPS) is 12.8. The fourth-order valence-electron chi connectivity index (χ4n) is 2.77. The Morgan fingerprint density at radius 3 is 1.80 bits per heavy atom. The molecule has 0 saturated heterocycles. The molecule has 0 unspecified atom stereocenters. The summed E-state index contributed by atoms with van der Waals surface area (Å²) in [5.41, 5.74) is 2.46. The predicted octanol–water partition coefficient (Wildman–Crippen LogP) is 5.87. The van der Waals surface area contributed by atoms with Gasteiger partial charge in [-0.1, -0.05) is 62.3 Å². The van der Waals surface area contributed by atoms with Crippen molar-refractivity contribution in [3.05, 3.63) is 17.5 Å². The molecule has 0 fully saturated rings. The second kappa shape index (κ2) is 11.2. The van der Waals surface area contributed by atoms with Crippen LogP contribution in [0.1, 0.15) is 93.0 Å². The van der Waals surface area contributed by atoms with Gasteiger partial charge in [-0.15, -0.1) is 0 Å². The number of carbonyl (C=O) groups is 1. The summed E-state index contributed by atoms with van der Waals surface area (Å²) in [4.78, 5) is 21.4. The monoisotopic (exact) mass is 419 g/mol. The molecule has 0 aliphatic rings. The Labute approximate surface area is 184 Å². The van der Waals surface area contributed by atoms with Crippen LogP contribution in [0.4, 0.5) is 5.95 Å². The Balaban J connectivity index is 2.62. The zero-order valence-corrected chi connectivity index (χ0v) is 20.9. The first-order valence-electron chi connectivity index (χ1n) is 11.4. The number of hydrogen-bond donors (Lipinski definition) is 1. The summed E-state index contributed by atoms with van der Waals surface area (Å²) in [6.45, 7) is 21.0. The average Bonchev–Trinajstić information content (AvgIpc) is 2.59. The lowest BCUT2D eigenvalue weighted by molar-refractivity contribution is -0.127. The third kappa shape index (κ3) is 12.3. The van der Waals surface area contributed by atoms with Gasteiger partial charge >= 0.3 is 0 Å². The van der Waals surface area contributed by atoms with Gasteiger partial charge in [0.15, 0.2) is 0 Å². The SMILES string of the molecule is CC(C)(C)CCc1cc(CCC(C)(C)C)nc(NCCOCCC(=O)C(C)(C)C)n1. The number of nitrogens with zero attached hydrogens (tertiary/aromatic N) is 2. The highest BCUT2D eigenvalue weighted by atomic mass is 16.5. The number of aromatic nitrogens is 2. The van der Waals surface area contributed by atoms with Gasteiger partial charge in [0.25, 0.3) is 0 Å². The summed E-state index contributed by atoms with van der Waals surface area (Å²) < 4.78 is 5.63. The van der Waals surface area contributed by atoms with Gasteiger partial charge < -0.3 is 10.1 Å². The Kier molecular flexibility index (Phi) is 9.93. The molecule has 0 aliphatic carbocycles. The number of aryl methyl sites for hydroxylation is 2. The standard InChI is InChI=1S/C25H45N3O2/c1-23(2,3)13-10-19-18-20(11-14-24(4,5)6)28-22(27-19)26-15-17-30-16-12-21(29)25(7,8)9/h18H,10-17H2,1-9H3,(H,26,27,28). The number of rotatable bonds is 11. The summed E-state index contributed by atoms with van der Waals surface area (Å²) in [7, 11) is 0. The molecule has 5 nitrogen and oxygen atoms in total. The van der Waals surface area contributed by atoms with Gasteiger partial charge in [0.2, 0.25) is 5.95 Å². The van der Waals surface area contributed by atoms with Crippen molar-refractivity contribution in [3.8, 4) is 0 Å². The molecule has 1 aromatic rings. The highest BCUT2D eigenvalue weighted by Gasteiger charge is 2.20. The van der Waals surface area contributed by atoms with E-state index in [4.69, 9.17) is 14.7 Å². The van der Waals surface area contributed by atoms with Crippen molar-refractivity contribution in [2.75, 3.05) is 25.1 Å². The predicted molar refractivity (Wildman–Crippen MR) is 126 cm³/mol. The Hall–Kier alpha value is -1.49. The van der Waals surface area contributed by atoms with Crippen molar-refractivity contribution in [1.82, 2.24) is 9.97 Å². The third-order valence-corrected chi connectivity index (χ3v) is 4.93. The maximum atomic E-state index is 11.9. The maximum absolute atomic E-state index is 11.9. The third-order valence-electron chi connectivity index (χ3n) is 4.93. The number of ketones is 1. The topological polar surface area (TPSA) is 64.1 Å². The second-order valence-corrected chi connectivity index (χ2v) is 11.8. The largest absolute Gasteiger partial charge is 0.379 e. The van der Waals surface area contributed by atoms with E-state index in [1.54, 1.807) is 0 Å². The van der Waals surface area contributed by atoms with E-state index in [0.29, 0.717) is 32.1 Å². The highest BCUT2D eigenvalue weighted by molar-refractivity contribution is 5.83. The number of hydrogen-bond acceptors (Lipinski definition) is 5. The van der Waals surface area contributed by atoms with Crippen molar-refractivity contribution < 1.29 is 9.53 Å². The summed E-state index contributed by atoms with van der Waals surface area (Å²) in [5, 5.41) is 3.31. The van der Waals surface area contributed by atoms with Crippen LogP contribution >= 0.6 is 0 Å². The molecule has 1 rings (SSSR count). The lowest BCUT2D eigenvalue weighted by atomic mass is 9.88. The van der Waals surface area contributed by atoms with Gasteiger partial charge in [-0.25, -0.2) is 9.97 Å². The first kappa shape index (κ1) is 26.5. The molecular weight excluding hydrogens is 374 g/mol. The van der Waals surface area contributed by atoms with E-state index in [0.717, 1.165) is 37.1 Å². The smallest absolute Gasteiger partial charge is 0.223 e. The number of carbonyl (C=O) groups excluding carboxylic acids is 1. The lowest BCUT2D eigenvalue weighted by Crippen LogP contribution is -2.22. The molecule has 0 atom stereocenters. The first-order chi connectivity index (χ1) is 13.7. The molecule has 172 valence electrons. The number of anilines is 1. The van der Waals surface area contributed by atoms with Crippen LogP contribution in [0.25, 0.3) is 0 Å². The molecule has 0 radical (unpaired) electrons. The Morgan fingerprint density at radius 2 is 1.37 bits per heavy atom. The average molecular weight is 420 g/mol. The summed E-state index contributed by atoms with van der Waals surface area (Å²) in [6, 6.07) is 2.16. The number of nitrogens with one attached hydrogen (secondary N) is 1. The van der Waals surface area contributed by atoms with E-state index in [1.807, 2.05) is 20.8 Å². The van der Waals surface area contributed by atoms with E-state index in [9.17, 15) is 4.79 Å². The minimum Gasteiger partial charge on any atom is -0.379 e. The van der Waals surface area contributed by atoms with Crippen LogP contribution < -0.4 is 5.32 Å². The van der Waals surface area contributed by atoms with Crippen molar-refractivity contribution >= 4 is 11.7 Å². The molecule has 0 bridgehead atoms. The van der Waals surface area contributed by atoms with Crippen LogP contribution in [-0.4, -0.2) is 35.5 Å². The van der Waals surface area contributed by atoms with E-state index >= 15 is 0 Å². The van der Waals surface area contributed by atoms with Gasteiger partial charge in [0.1, 0.15) is 5.78 Å². The molecule has 1 aromatic heterocycles. The van der Waals surface area contributed by atoms with Crippen LogP contribution in [0.2, 0.25) is 0 Å². The lowest BCUT2D eigenvalue weighted by Gasteiger charge is -2.19. The minimum atomic E-state index is -0.299. The second-order valence-electron chi connectivity index (χ2n) is 11.8. The summed E-state index contributed by atoms with van der Waals surface area (Å²) in [5.74, 6) is 0.911. The molecule has 30 heavy (non-hydrogen) atoms. The molecule has 1 N–H and O–H groups in total. The first-order valence-corrected chi connectivity index (χ1v) is 11.4. The molecule has 0 aromatic carbocycles. The fourth-order valence-corrected chi connectivity index (χ4v) is 2.77. The zero-order chi connectivity index (χ0) is 23.0. The maximum Gasteiger partial charge on any atom is 0.223 e. The van der Waals surface area contributed by atoms with E-state index in [1.165, 1.54) is 0 Å². The van der Waals surface area contributed by atoms with Crippen LogP contribution in [0, 0.1) is 16.2 Å². The number of Topliss-reactive ketones (excluding diaryl/α,β-unsaturated/α-hetero) is 1. The summed E-state index contributed by atoms with van der Waals surface area (Å²) in [6.07, 6.45) is 4.54. The molecule has 0 amide bonds. The van der Waals surface area contributed by atoms with Crippen molar-refractivity contribution in [2.24, 2.45) is 16.2 Å². The highest BCUT2D eigenvalue weighted by Crippen LogP contribution is 2.24. The van der Waals surface area contributed by atoms with Gasteiger partial charge in [0, 0.05) is 29.8 Å². The zero-order valence-electron chi connectivity index (χ0n) is 20.9. The number of ether oxygens (including phenoxy) is 1. The fraction of sp³-hybridized carbons (Fsp3) is 0.800. The quantitative estimate of drug-likeness (QED) is 0.455. The van der Waals surface area contributed by atoms with Gasteiger partial charge in [-0.2, -0.15) is 0 Å². The van der Waals surface area contributed by atoms with E-state index in [2.05, 4.69) is 52.9 Å². The summed E-state index contributed by atoms with van der Waals surface area (Å²) >= 11 is 0. The molecule has 0 spiro atoms. The molecule has 0 saturated carbocycles. The Bertz CT molecular complexity index is 628. The van der Waals surface area contributed by atoms with Crippen molar-refractivity contribution in [1.29, 1.82) is 0 Å². The minimum absolute atomic E-state index is 0.230. The van der Waals surface area contributed by atoms with Gasteiger partial charge in [-0.3, -0.25) is 4.79 Å². The van der Waals surface area contributed by atoms with Gasteiger partial charge in [-0.05, 0) is 42.6 Å². The van der Waals surface area contributed by atoms with E-state index < -0.39 is 0 Å². The van der Waals surface area contributed by atoms with Crippen LogP contribution in [0.5, 0.6) is 0 Å².